The van der Waals surface area contributed by atoms with Gasteiger partial charge >= 0.3 is 0 Å². The number of fused-ring (bicyclic) bond motifs is 2. The van der Waals surface area contributed by atoms with Gasteiger partial charge in [0, 0.05) is 35.7 Å². The molecular weight excluding hydrogens is 402 g/mol. The van der Waals surface area contributed by atoms with Crippen molar-refractivity contribution in [2.75, 3.05) is 0 Å². The normalized spacial score (nSPS) is 11.4. The summed E-state index contributed by atoms with van der Waals surface area (Å²) in [6.45, 7) is 1.89. The molecule has 0 aliphatic rings. The lowest BCUT2D eigenvalue weighted by Crippen LogP contribution is -2.09. The quantitative estimate of drug-likeness (QED) is 0.416. The van der Waals surface area contributed by atoms with Gasteiger partial charge in [-0.3, -0.25) is 9.78 Å². The van der Waals surface area contributed by atoms with Crippen LogP contribution >= 0.6 is 0 Å². The van der Waals surface area contributed by atoms with Crippen molar-refractivity contribution < 1.29 is 4.42 Å². The van der Waals surface area contributed by atoms with E-state index in [4.69, 9.17) is 9.40 Å². The average Bonchev–Trinajstić information content (AvgIpc) is 3.50. The van der Waals surface area contributed by atoms with Gasteiger partial charge in [-0.15, -0.1) is 0 Å². The number of aromatic nitrogens is 5. The Labute approximate surface area is 181 Å². The summed E-state index contributed by atoms with van der Waals surface area (Å²) in [6, 6.07) is 15.6. The highest BCUT2D eigenvalue weighted by molar-refractivity contribution is 5.93. The zero-order valence-corrected chi connectivity index (χ0v) is 17.1. The molecule has 32 heavy (non-hydrogen) atoms. The lowest BCUT2D eigenvalue weighted by atomic mass is 9.99. The SMILES string of the molecule is Cc1ccc(-c2nc3[nH]cc(-c4ncc[nH]4)c(=O)c3cc2-c2ccc3ncccc3c2)o1. The summed E-state index contributed by atoms with van der Waals surface area (Å²) >= 11 is 0. The predicted octanol–water partition coefficient (Wildman–Crippen LogP) is 5.10. The van der Waals surface area contributed by atoms with Gasteiger partial charge in [0.2, 0.25) is 5.43 Å². The number of H-pyrrole nitrogens is 2. The Morgan fingerprint density at radius 3 is 2.69 bits per heavy atom. The van der Waals surface area contributed by atoms with Gasteiger partial charge in [-0.25, -0.2) is 9.97 Å². The molecule has 0 atom stereocenters. The van der Waals surface area contributed by atoms with E-state index in [1.54, 1.807) is 24.8 Å². The van der Waals surface area contributed by atoms with E-state index < -0.39 is 0 Å². The van der Waals surface area contributed by atoms with Crippen molar-refractivity contribution in [3.63, 3.8) is 0 Å². The summed E-state index contributed by atoms with van der Waals surface area (Å²) in [4.78, 5) is 32.9. The third-order valence-corrected chi connectivity index (χ3v) is 5.51. The molecule has 0 saturated heterocycles. The summed E-state index contributed by atoms with van der Waals surface area (Å²) in [5, 5.41) is 1.48. The standard InChI is InChI=1S/C25H17N5O2/c1-14-4-7-21(32-14)22-17(15-5-6-20-16(11-15)3-2-8-26-20)12-18-23(31)19(13-29-25(18)30-22)24-27-9-10-28-24/h2-13H,1H3,(H,27,28)(H,29,30,31). The van der Waals surface area contributed by atoms with Gasteiger partial charge in [0.1, 0.15) is 22.9 Å². The summed E-state index contributed by atoms with van der Waals surface area (Å²) < 4.78 is 5.90. The number of rotatable bonds is 3. The number of nitrogens with zero attached hydrogens (tertiary/aromatic N) is 3. The number of furan rings is 1. The maximum atomic E-state index is 13.3. The first-order valence-corrected chi connectivity index (χ1v) is 10.2. The molecule has 0 amide bonds. The minimum Gasteiger partial charge on any atom is -0.460 e. The van der Waals surface area contributed by atoms with E-state index in [1.165, 1.54) is 0 Å². The Hall–Kier alpha value is -4.52. The van der Waals surface area contributed by atoms with Crippen molar-refractivity contribution in [3.8, 4) is 34.0 Å². The van der Waals surface area contributed by atoms with Crippen LogP contribution in [0.15, 0.2) is 82.5 Å². The number of hydrogen-bond acceptors (Lipinski definition) is 5. The highest BCUT2D eigenvalue weighted by Gasteiger charge is 2.18. The zero-order chi connectivity index (χ0) is 21.7. The molecule has 0 aliphatic heterocycles. The molecule has 0 aliphatic carbocycles. The van der Waals surface area contributed by atoms with E-state index in [9.17, 15) is 4.79 Å². The van der Waals surface area contributed by atoms with Gasteiger partial charge < -0.3 is 14.4 Å². The van der Waals surface area contributed by atoms with Crippen molar-refractivity contribution in [3.05, 3.63) is 89.3 Å². The lowest BCUT2D eigenvalue weighted by Gasteiger charge is -2.11. The first-order chi connectivity index (χ1) is 15.7. The minimum atomic E-state index is -0.146. The van der Waals surface area contributed by atoms with Crippen LogP contribution in [0.4, 0.5) is 0 Å². The molecule has 0 saturated carbocycles. The first kappa shape index (κ1) is 18.3. The van der Waals surface area contributed by atoms with Crippen LogP contribution in [-0.2, 0) is 0 Å². The Bertz CT molecular complexity index is 1660. The van der Waals surface area contributed by atoms with Gasteiger partial charge in [0.05, 0.1) is 16.5 Å². The topological polar surface area (TPSA) is 100 Å². The number of aromatic amines is 2. The van der Waals surface area contributed by atoms with Gasteiger partial charge in [-0.2, -0.15) is 0 Å². The second-order valence-corrected chi connectivity index (χ2v) is 7.57. The van der Waals surface area contributed by atoms with E-state index >= 15 is 0 Å². The maximum Gasteiger partial charge on any atom is 0.201 e. The van der Waals surface area contributed by atoms with Gasteiger partial charge in [0.15, 0.2) is 5.76 Å². The largest absolute Gasteiger partial charge is 0.460 e. The Kier molecular flexibility index (Phi) is 4.01. The fraction of sp³-hybridized carbons (Fsp3) is 0.0400. The highest BCUT2D eigenvalue weighted by atomic mass is 16.3. The van der Waals surface area contributed by atoms with Crippen LogP contribution in [-0.4, -0.2) is 24.9 Å². The average molecular weight is 419 g/mol. The van der Waals surface area contributed by atoms with Crippen LogP contribution in [0, 0.1) is 6.92 Å². The van der Waals surface area contributed by atoms with Crippen LogP contribution in [0.1, 0.15) is 5.76 Å². The molecule has 0 spiro atoms. The fourth-order valence-electron chi connectivity index (χ4n) is 3.95. The van der Waals surface area contributed by atoms with Crippen LogP contribution in [0.25, 0.3) is 55.9 Å². The maximum absolute atomic E-state index is 13.3. The predicted molar refractivity (Wildman–Crippen MR) is 123 cm³/mol. The van der Waals surface area contributed by atoms with E-state index in [0.29, 0.717) is 33.9 Å². The fourth-order valence-corrected chi connectivity index (χ4v) is 3.95. The molecule has 5 heterocycles. The molecule has 0 fully saturated rings. The van der Waals surface area contributed by atoms with Crippen molar-refractivity contribution in [2.24, 2.45) is 0 Å². The summed E-state index contributed by atoms with van der Waals surface area (Å²) in [6.07, 6.45) is 6.71. The summed E-state index contributed by atoms with van der Waals surface area (Å²) in [5.41, 5.74) is 4.09. The van der Waals surface area contributed by atoms with Crippen LogP contribution in [0.3, 0.4) is 0 Å². The molecule has 0 unspecified atom stereocenters. The summed E-state index contributed by atoms with van der Waals surface area (Å²) in [5.74, 6) is 1.94. The number of hydrogen-bond donors (Lipinski definition) is 2. The monoisotopic (exact) mass is 419 g/mol. The molecule has 5 aromatic heterocycles. The second-order valence-electron chi connectivity index (χ2n) is 7.57. The molecule has 2 N–H and O–H groups in total. The Morgan fingerprint density at radius 1 is 0.938 bits per heavy atom. The Morgan fingerprint density at radius 2 is 1.88 bits per heavy atom. The number of nitrogens with one attached hydrogen (secondary N) is 2. The van der Waals surface area contributed by atoms with Gasteiger partial charge in [-0.1, -0.05) is 12.1 Å². The smallest absolute Gasteiger partial charge is 0.201 e. The second kappa shape index (κ2) is 7.02. The van der Waals surface area contributed by atoms with E-state index in [-0.39, 0.29) is 5.43 Å². The van der Waals surface area contributed by atoms with Gasteiger partial charge in [0.25, 0.3) is 0 Å². The van der Waals surface area contributed by atoms with Crippen LogP contribution in [0.2, 0.25) is 0 Å². The van der Waals surface area contributed by atoms with Crippen molar-refractivity contribution in [1.29, 1.82) is 0 Å². The Balaban J connectivity index is 1.66. The molecule has 0 radical (unpaired) electrons. The molecule has 1 aromatic carbocycles. The number of imidazole rings is 1. The molecular formula is C25H17N5O2. The molecule has 6 rings (SSSR count). The van der Waals surface area contributed by atoms with Crippen LogP contribution < -0.4 is 5.43 Å². The molecule has 154 valence electrons. The zero-order valence-electron chi connectivity index (χ0n) is 17.1. The molecule has 6 aromatic rings. The summed E-state index contributed by atoms with van der Waals surface area (Å²) in [7, 11) is 0. The first-order valence-electron chi connectivity index (χ1n) is 10.2. The molecule has 7 nitrogen and oxygen atoms in total. The van der Waals surface area contributed by atoms with E-state index in [1.807, 2.05) is 49.4 Å². The lowest BCUT2D eigenvalue weighted by molar-refractivity contribution is 0.547. The number of aryl methyl sites for hydroxylation is 1. The van der Waals surface area contributed by atoms with Crippen molar-refractivity contribution >= 4 is 21.9 Å². The minimum absolute atomic E-state index is 0.146. The number of pyridine rings is 3. The molecule has 0 bridgehead atoms. The third kappa shape index (κ3) is 2.91. The molecule has 7 heteroatoms. The third-order valence-electron chi connectivity index (χ3n) is 5.51. The van der Waals surface area contributed by atoms with Crippen molar-refractivity contribution in [2.45, 2.75) is 6.92 Å². The van der Waals surface area contributed by atoms with Crippen molar-refractivity contribution in [1.82, 2.24) is 24.9 Å². The highest BCUT2D eigenvalue weighted by Crippen LogP contribution is 2.34. The van der Waals surface area contributed by atoms with E-state index in [2.05, 4.69) is 26.0 Å². The van der Waals surface area contributed by atoms with E-state index in [0.717, 1.165) is 27.8 Å². The number of benzene rings is 1. The van der Waals surface area contributed by atoms with Crippen LogP contribution in [0.5, 0.6) is 0 Å². The van der Waals surface area contributed by atoms with Gasteiger partial charge in [-0.05, 0) is 48.9 Å².